The molecule has 4 nitrogen and oxygen atoms in total. The van der Waals surface area contributed by atoms with E-state index in [9.17, 15) is 9.18 Å². The molecule has 0 spiro atoms. The molecule has 2 fully saturated rings. The van der Waals surface area contributed by atoms with Crippen molar-refractivity contribution in [3.63, 3.8) is 0 Å². The zero-order valence-corrected chi connectivity index (χ0v) is 13.5. The van der Waals surface area contributed by atoms with E-state index >= 15 is 0 Å². The van der Waals surface area contributed by atoms with Gasteiger partial charge in [0.25, 0.3) is 0 Å². The van der Waals surface area contributed by atoms with Crippen molar-refractivity contribution in [3.8, 4) is 0 Å². The molecule has 0 aliphatic carbocycles. The molecular formula is C18H21FN2O2. The molecule has 5 heteroatoms. The summed E-state index contributed by atoms with van der Waals surface area (Å²) >= 11 is 0. The number of ether oxygens (including phenoxy) is 1. The summed E-state index contributed by atoms with van der Waals surface area (Å²) in [5, 5.41) is 0.619. The molecule has 23 heavy (non-hydrogen) atoms. The molecule has 3 heterocycles. The van der Waals surface area contributed by atoms with Gasteiger partial charge in [-0.15, -0.1) is 0 Å². The van der Waals surface area contributed by atoms with Crippen LogP contribution in [0.25, 0.3) is 10.9 Å². The summed E-state index contributed by atoms with van der Waals surface area (Å²) < 4.78 is 21.1. The van der Waals surface area contributed by atoms with Gasteiger partial charge in [-0.3, -0.25) is 0 Å². The Balaban J connectivity index is 1.57. The lowest BCUT2D eigenvalue weighted by atomic mass is 10.0. The minimum Gasteiger partial charge on any atom is -0.459 e. The number of fused-ring (bicyclic) bond motifs is 3. The van der Waals surface area contributed by atoms with Crippen molar-refractivity contribution in [1.29, 1.82) is 0 Å². The van der Waals surface area contributed by atoms with E-state index in [2.05, 4.69) is 11.9 Å². The molecule has 4 rings (SSSR count). The number of rotatable bonds is 2. The van der Waals surface area contributed by atoms with E-state index in [-0.39, 0.29) is 17.9 Å². The molecule has 1 aromatic heterocycles. The normalized spacial score (nSPS) is 27.5. The number of benzene rings is 1. The summed E-state index contributed by atoms with van der Waals surface area (Å²) in [6.07, 6.45) is 5.88. The Morgan fingerprint density at radius 3 is 2.61 bits per heavy atom. The van der Waals surface area contributed by atoms with E-state index < -0.39 is 0 Å². The van der Waals surface area contributed by atoms with Gasteiger partial charge in [-0.25, -0.2) is 9.18 Å². The van der Waals surface area contributed by atoms with Gasteiger partial charge < -0.3 is 14.2 Å². The van der Waals surface area contributed by atoms with Gasteiger partial charge in [0.2, 0.25) is 0 Å². The third-order valence-corrected chi connectivity index (χ3v) is 5.50. The monoisotopic (exact) mass is 316 g/mol. The van der Waals surface area contributed by atoms with Crippen molar-refractivity contribution in [2.45, 2.75) is 43.9 Å². The predicted molar refractivity (Wildman–Crippen MR) is 85.9 cm³/mol. The number of piperidine rings is 1. The zero-order chi connectivity index (χ0) is 16.1. The lowest BCUT2D eigenvalue weighted by Gasteiger charge is -2.35. The molecule has 1 unspecified atom stereocenters. The molecule has 2 saturated heterocycles. The van der Waals surface area contributed by atoms with Crippen molar-refractivity contribution in [3.05, 3.63) is 35.8 Å². The van der Waals surface area contributed by atoms with Gasteiger partial charge in [0.15, 0.2) is 0 Å². The standard InChI is InChI=1S/C18H21FN2O2/c1-20-10-16(15-7-11(19)3-6-17(15)20)18(22)23-14-8-12-4-5-13(9-14)21(12)2/h3,6-7,10,12-14H,4-5,8-9H2,1-2H3/t12-,13+,14?. The lowest BCUT2D eigenvalue weighted by molar-refractivity contribution is -0.000279. The smallest absolute Gasteiger partial charge is 0.340 e. The third-order valence-electron chi connectivity index (χ3n) is 5.50. The highest BCUT2D eigenvalue weighted by Crippen LogP contribution is 2.36. The van der Waals surface area contributed by atoms with Crippen molar-refractivity contribution >= 4 is 16.9 Å². The van der Waals surface area contributed by atoms with Crippen molar-refractivity contribution < 1.29 is 13.9 Å². The molecule has 2 aliphatic heterocycles. The topological polar surface area (TPSA) is 34.5 Å². The summed E-state index contributed by atoms with van der Waals surface area (Å²) in [5.41, 5.74) is 1.29. The number of halogens is 1. The highest BCUT2D eigenvalue weighted by Gasteiger charge is 2.40. The number of aromatic nitrogens is 1. The van der Waals surface area contributed by atoms with Crippen LogP contribution in [0.15, 0.2) is 24.4 Å². The van der Waals surface area contributed by atoms with Crippen molar-refractivity contribution in [2.75, 3.05) is 7.05 Å². The van der Waals surface area contributed by atoms with Gasteiger partial charge in [0.1, 0.15) is 11.9 Å². The minimum absolute atomic E-state index is 0.0278. The van der Waals surface area contributed by atoms with E-state index in [1.807, 2.05) is 11.6 Å². The first-order valence-electron chi connectivity index (χ1n) is 8.20. The van der Waals surface area contributed by atoms with Gasteiger partial charge in [0, 0.05) is 49.1 Å². The van der Waals surface area contributed by atoms with E-state index in [1.54, 1.807) is 12.3 Å². The summed E-state index contributed by atoms with van der Waals surface area (Å²) in [6, 6.07) is 5.56. The van der Waals surface area contributed by atoms with Crippen molar-refractivity contribution in [2.24, 2.45) is 7.05 Å². The predicted octanol–water partition coefficient (Wildman–Crippen LogP) is 3.10. The molecule has 2 bridgehead atoms. The van der Waals surface area contributed by atoms with Crippen LogP contribution >= 0.6 is 0 Å². The number of esters is 1. The summed E-state index contributed by atoms with van der Waals surface area (Å²) in [4.78, 5) is 15.0. The molecule has 3 atom stereocenters. The highest BCUT2D eigenvalue weighted by molar-refractivity contribution is 6.04. The molecule has 0 saturated carbocycles. The third kappa shape index (κ3) is 2.43. The van der Waals surface area contributed by atoms with E-state index in [0.29, 0.717) is 23.0 Å². The molecule has 2 aliphatic rings. The van der Waals surface area contributed by atoms with E-state index in [1.165, 1.54) is 25.0 Å². The maximum absolute atomic E-state index is 13.5. The van der Waals surface area contributed by atoms with Gasteiger partial charge in [0.05, 0.1) is 5.56 Å². The van der Waals surface area contributed by atoms with Crippen LogP contribution in [0.3, 0.4) is 0 Å². The second-order valence-electron chi connectivity index (χ2n) is 6.86. The number of aryl methyl sites for hydroxylation is 1. The second-order valence-corrected chi connectivity index (χ2v) is 6.86. The lowest BCUT2D eigenvalue weighted by Crippen LogP contribution is -2.43. The van der Waals surface area contributed by atoms with Crippen LogP contribution in [-0.4, -0.2) is 40.7 Å². The number of nitrogens with zero attached hydrogens (tertiary/aromatic N) is 2. The largest absolute Gasteiger partial charge is 0.459 e. The van der Waals surface area contributed by atoms with Gasteiger partial charge in [-0.05, 0) is 38.1 Å². The Kier molecular flexibility index (Phi) is 3.41. The minimum atomic E-state index is -0.338. The summed E-state index contributed by atoms with van der Waals surface area (Å²) in [7, 11) is 4.01. The first kappa shape index (κ1) is 14.7. The Labute approximate surface area is 134 Å². The van der Waals surface area contributed by atoms with E-state index in [0.717, 1.165) is 18.4 Å². The van der Waals surface area contributed by atoms with Crippen molar-refractivity contribution in [1.82, 2.24) is 9.47 Å². The fraction of sp³-hybridized carbons (Fsp3) is 0.500. The highest BCUT2D eigenvalue weighted by atomic mass is 19.1. The van der Waals surface area contributed by atoms with Gasteiger partial charge in [-0.2, -0.15) is 0 Å². The number of carbonyl (C=O) groups is 1. The molecule has 0 N–H and O–H groups in total. The summed E-state index contributed by atoms with van der Waals surface area (Å²) in [5.74, 6) is -0.676. The molecule has 122 valence electrons. The van der Waals surface area contributed by atoms with Crippen LogP contribution in [-0.2, 0) is 11.8 Å². The molecule has 1 aromatic carbocycles. The average Bonchev–Trinajstić information content (AvgIpc) is 2.92. The van der Waals surface area contributed by atoms with Crippen LogP contribution < -0.4 is 0 Å². The second kappa shape index (κ2) is 5.34. The van der Waals surface area contributed by atoms with Crippen LogP contribution in [0, 0.1) is 5.82 Å². The van der Waals surface area contributed by atoms with Crippen LogP contribution in [0.5, 0.6) is 0 Å². The first-order valence-corrected chi connectivity index (χ1v) is 8.20. The number of carbonyl (C=O) groups excluding carboxylic acids is 1. The maximum Gasteiger partial charge on any atom is 0.340 e. The average molecular weight is 316 g/mol. The Morgan fingerprint density at radius 1 is 1.22 bits per heavy atom. The molecule has 0 amide bonds. The van der Waals surface area contributed by atoms with Gasteiger partial charge >= 0.3 is 5.97 Å². The van der Waals surface area contributed by atoms with Crippen LogP contribution in [0.1, 0.15) is 36.0 Å². The zero-order valence-electron chi connectivity index (χ0n) is 13.5. The van der Waals surface area contributed by atoms with Crippen LogP contribution in [0.2, 0.25) is 0 Å². The Bertz CT molecular complexity index is 756. The van der Waals surface area contributed by atoms with Gasteiger partial charge in [-0.1, -0.05) is 0 Å². The first-order chi connectivity index (χ1) is 11.0. The Hall–Kier alpha value is -1.88. The molecular weight excluding hydrogens is 295 g/mol. The fourth-order valence-corrected chi connectivity index (χ4v) is 4.20. The number of hydrogen-bond donors (Lipinski definition) is 0. The molecule has 2 aromatic rings. The maximum atomic E-state index is 13.5. The Morgan fingerprint density at radius 2 is 1.91 bits per heavy atom. The number of hydrogen-bond acceptors (Lipinski definition) is 3. The quantitative estimate of drug-likeness (QED) is 0.799. The van der Waals surface area contributed by atoms with E-state index in [4.69, 9.17) is 4.74 Å². The molecule has 0 radical (unpaired) electrons. The fourth-order valence-electron chi connectivity index (χ4n) is 4.20. The SMILES string of the molecule is CN1[C@@H]2CC[C@H]1CC(OC(=O)c1cn(C)c3ccc(F)cc13)C2. The van der Waals surface area contributed by atoms with Crippen LogP contribution in [0.4, 0.5) is 4.39 Å². The summed E-state index contributed by atoms with van der Waals surface area (Å²) in [6.45, 7) is 0.